The van der Waals surface area contributed by atoms with Crippen molar-refractivity contribution in [1.29, 1.82) is 0 Å². The summed E-state index contributed by atoms with van der Waals surface area (Å²) in [5.74, 6) is 3.97. The van der Waals surface area contributed by atoms with Gasteiger partial charge in [-0.25, -0.2) is 4.99 Å². The van der Waals surface area contributed by atoms with Gasteiger partial charge >= 0.3 is 0 Å². The molecule has 1 fully saturated rings. The van der Waals surface area contributed by atoms with Gasteiger partial charge in [0.2, 0.25) is 5.89 Å². The normalized spacial score (nSPS) is 17.9. The highest BCUT2D eigenvalue weighted by Crippen LogP contribution is 2.25. The molecule has 1 atom stereocenters. The third-order valence-corrected chi connectivity index (χ3v) is 5.33. The van der Waals surface area contributed by atoms with E-state index in [0.717, 1.165) is 31.3 Å². The lowest BCUT2D eigenvalue weighted by Gasteiger charge is -2.21. The van der Waals surface area contributed by atoms with E-state index in [2.05, 4.69) is 62.6 Å². The smallest absolute Gasteiger partial charge is 0.223 e. The minimum atomic E-state index is 0.444. The summed E-state index contributed by atoms with van der Waals surface area (Å²) < 4.78 is 5.01. The first-order valence-corrected chi connectivity index (χ1v) is 9.73. The minimum Gasteiger partial charge on any atom is -0.357 e. The van der Waals surface area contributed by atoms with Crippen LogP contribution in [0.15, 0.2) is 44.7 Å². The van der Waals surface area contributed by atoms with Crippen molar-refractivity contribution in [2.45, 2.75) is 31.7 Å². The number of thioether (sulfide) groups is 1. The largest absolute Gasteiger partial charge is 0.357 e. The van der Waals surface area contributed by atoms with Crippen molar-refractivity contribution in [3.05, 3.63) is 42.0 Å². The van der Waals surface area contributed by atoms with E-state index in [-0.39, 0.29) is 0 Å². The van der Waals surface area contributed by atoms with Crippen LogP contribution in [0.25, 0.3) is 0 Å². The Balaban J connectivity index is 1.53. The predicted octanol–water partition coefficient (Wildman–Crippen LogP) is 2.96. The quantitative estimate of drug-likeness (QED) is 0.486. The molecule has 2 aromatic rings. The lowest BCUT2D eigenvalue weighted by molar-refractivity contribution is 0.387. The molecule has 1 saturated heterocycles. The van der Waals surface area contributed by atoms with Crippen LogP contribution in [0.5, 0.6) is 0 Å². The van der Waals surface area contributed by atoms with Gasteiger partial charge < -0.3 is 14.7 Å². The van der Waals surface area contributed by atoms with Crippen molar-refractivity contribution in [3.8, 4) is 0 Å². The molecule has 0 saturated carbocycles. The molecule has 1 N–H and O–H groups in total. The molecule has 1 aliphatic heterocycles. The van der Waals surface area contributed by atoms with Crippen molar-refractivity contribution in [3.63, 3.8) is 0 Å². The summed E-state index contributed by atoms with van der Waals surface area (Å²) in [6.07, 6.45) is 1.20. The van der Waals surface area contributed by atoms with E-state index < -0.39 is 0 Å². The van der Waals surface area contributed by atoms with Crippen molar-refractivity contribution in [2.75, 3.05) is 25.4 Å². The van der Waals surface area contributed by atoms with E-state index in [1.165, 1.54) is 11.3 Å². The number of aromatic nitrogens is 2. The van der Waals surface area contributed by atoms with Crippen molar-refractivity contribution in [1.82, 2.24) is 20.4 Å². The average molecular weight is 359 g/mol. The van der Waals surface area contributed by atoms with E-state index in [1.54, 1.807) is 6.92 Å². The number of hydrogen-bond donors (Lipinski definition) is 1. The van der Waals surface area contributed by atoms with Crippen LogP contribution >= 0.6 is 11.8 Å². The molecule has 0 spiro atoms. The molecule has 1 aromatic heterocycles. The molecule has 1 unspecified atom stereocenters. The third-order valence-electron chi connectivity index (χ3n) is 4.09. The number of guanidine groups is 1. The third kappa shape index (κ3) is 5.22. The Bertz CT molecular complexity index is 688. The van der Waals surface area contributed by atoms with Gasteiger partial charge in [-0.1, -0.05) is 23.4 Å². The molecular formula is C18H25N5OS. The fourth-order valence-corrected chi connectivity index (χ4v) is 3.92. The number of nitrogens with one attached hydrogen (secondary N) is 1. The van der Waals surface area contributed by atoms with Gasteiger partial charge in [-0.15, -0.1) is 11.8 Å². The molecule has 1 aromatic carbocycles. The van der Waals surface area contributed by atoms with Gasteiger partial charge in [0.1, 0.15) is 6.54 Å². The second-order valence-corrected chi connectivity index (χ2v) is 7.22. The Morgan fingerprint density at radius 3 is 2.96 bits per heavy atom. The predicted molar refractivity (Wildman–Crippen MR) is 101 cm³/mol. The maximum Gasteiger partial charge on any atom is 0.223 e. The number of benzene rings is 1. The van der Waals surface area contributed by atoms with Gasteiger partial charge in [-0.05, 0) is 31.4 Å². The lowest BCUT2D eigenvalue weighted by Crippen LogP contribution is -2.40. The maximum absolute atomic E-state index is 5.01. The molecule has 3 rings (SSSR count). The second-order valence-electron chi connectivity index (χ2n) is 6.12. The van der Waals surface area contributed by atoms with Gasteiger partial charge in [0, 0.05) is 37.2 Å². The van der Waals surface area contributed by atoms with E-state index in [1.807, 2.05) is 11.8 Å². The zero-order valence-electron chi connectivity index (χ0n) is 14.8. The molecule has 0 bridgehead atoms. The van der Waals surface area contributed by atoms with Crippen LogP contribution < -0.4 is 5.32 Å². The highest BCUT2D eigenvalue weighted by Gasteiger charge is 2.25. The second kappa shape index (κ2) is 8.89. The molecular weight excluding hydrogens is 334 g/mol. The number of aryl methyl sites for hydroxylation is 1. The molecule has 0 aliphatic carbocycles. The zero-order valence-corrected chi connectivity index (χ0v) is 15.6. The standard InChI is InChI=1S/C18H25N5OS/c1-3-19-18(20-11-17-21-14(2)24-22-17)23-10-9-15(12-23)13-25-16-7-5-4-6-8-16/h4-8,15H,3,9-13H2,1-2H3,(H,19,20). The van der Waals surface area contributed by atoms with Crippen molar-refractivity contribution >= 4 is 17.7 Å². The molecule has 7 heteroatoms. The topological polar surface area (TPSA) is 66.5 Å². The molecule has 25 heavy (non-hydrogen) atoms. The van der Waals surface area contributed by atoms with Crippen LogP contribution in [0.2, 0.25) is 0 Å². The summed E-state index contributed by atoms with van der Waals surface area (Å²) in [5, 5.41) is 7.29. The Hall–Kier alpha value is -2.02. The molecule has 2 heterocycles. The summed E-state index contributed by atoms with van der Waals surface area (Å²) >= 11 is 1.94. The number of rotatable bonds is 6. The van der Waals surface area contributed by atoms with Crippen LogP contribution in [-0.4, -0.2) is 46.4 Å². The number of aliphatic imine (C=N–C) groups is 1. The molecule has 134 valence electrons. The molecule has 6 nitrogen and oxygen atoms in total. The average Bonchev–Trinajstić information content (AvgIpc) is 3.27. The van der Waals surface area contributed by atoms with E-state index in [9.17, 15) is 0 Å². The Morgan fingerprint density at radius 2 is 2.24 bits per heavy atom. The van der Waals surface area contributed by atoms with Crippen LogP contribution in [0, 0.1) is 12.8 Å². The van der Waals surface area contributed by atoms with E-state index in [0.29, 0.717) is 24.2 Å². The van der Waals surface area contributed by atoms with Gasteiger partial charge in [0.05, 0.1) is 0 Å². The number of likely N-dealkylation sites (tertiary alicyclic amines) is 1. The Kier molecular flexibility index (Phi) is 6.33. The zero-order chi connectivity index (χ0) is 17.5. The van der Waals surface area contributed by atoms with E-state index >= 15 is 0 Å². The molecule has 0 amide bonds. The first-order valence-electron chi connectivity index (χ1n) is 8.75. The fourth-order valence-electron chi connectivity index (χ4n) is 2.87. The van der Waals surface area contributed by atoms with Gasteiger partial charge in [0.15, 0.2) is 11.8 Å². The minimum absolute atomic E-state index is 0.444. The SMILES string of the molecule is CCNC(=NCc1noc(C)n1)N1CCC(CSc2ccccc2)C1. The summed E-state index contributed by atoms with van der Waals surface area (Å²) in [6.45, 7) is 7.26. The van der Waals surface area contributed by atoms with Crippen LogP contribution in [0.3, 0.4) is 0 Å². The summed E-state index contributed by atoms with van der Waals surface area (Å²) in [7, 11) is 0. The Labute approximate surface area is 153 Å². The fraction of sp³-hybridized carbons (Fsp3) is 0.500. The summed E-state index contributed by atoms with van der Waals surface area (Å²) in [6, 6.07) is 10.6. The van der Waals surface area contributed by atoms with Gasteiger partial charge in [-0.2, -0.15) is 4.98 Å². The first kappa shape index (κ1) is 17.8. The van der Waals surface area contributed by atoms with Crippen LogP contribution in [-0.2, 0) is 6.54 Å². The van der Waals surface area contributed by atoms with Crippen LogP contribution in [0.1, 0.15) is 25.1 Å². The summed E-state index contributed by atoms with van der Waals surface area (Å²) in [4.78, 5) is 12.6. The summed E-state index contributed by atoms with van der Waals surface area (Å²) in [5.41, 5.74) is 0. The highest BCUT2D eigenvalue weighted by molar-refractivity contribution is 7.99. The van der Waals surface area contributed by atoms with Gasteiger partial charge in [0.25, 0.3) is 0 Å². The highest BCUT2D eigenvalue weighted by atomic mass is 32.2. The van der Waals surface area contributed by atoms with Gasteiger partial charge in [-0.3, -0.25) is 0 Å². The lowest BCUT2D eigenvalue weighted by atomic mass is 10.2. The molecule has 0 radical (unpaired) electrons. The number of hydrogen-bond acceptors (Lipinski definition) is 5. The first-order chi connectivity index (χ1) is 12.2. The maximum atomic E-state index is 5.01. The monoisotopic (exact) mass is 359 g/mol. The van der Waals surface area contributed by atoms with Crippen molar-refractivity contribution < 1.29 is 4.52 Å². The van der Waals surface area contributed by atoms with Crippen molar-refractivity contribution in [2.24, 2.45) is 10.9 Å². The number of nitrogens with zero attached hydrogens (tertiary/aromatic N) is 4. The molecule has 1 aliphatic rings. The van der Waals surface area contributed by atoms with E-state index in [4.69, 9.17) is 4.52 Å². The van der Waals surface area contributed by atoms with Crippen LogP contribution in [0.4, 0.5) is 0 Å². The Morgan fingerprint density at radius 1 is 1.40 bits per heavy atom.